The van der Waals surface area contributed by atoms with Crippen molar-refractivity contribution in [2.45, 2.75) is 31.8 Å². The molecule has 1 aliphatic rings. The summed E-state index contributed by atoms with van der Waals surface area (Å²) < 4.78 is 30.0. The molecule has 27 heavy (non-hydrogen) atoms. The molecule has 1 aromatic heterocycles. The van der Waals surface area contributed by atoms with Crippen LogP contribution in [0.3, 0.4) is 0 Å². The second kappa shape index (κ2) is 6.98. The van der Waals surface area contributed by atoms with Crippen LogP contribution >= 0.6 is 0 Å². The van der Waals surface area contributed by atoms with E-state index in [1.807, 2.05) is 12.1 Å². The van der Waals surface area contributed by atoms with Gasteiger partial charge in [0.05, 0.1) is 28.2 Å². The van der Waals surface area contributed by atoms with Gasteiger partial charge >= 0.3 is 0 Å². The summed E-state index contributed by atoms with van der Waals surface area (Å²) in [6.07, 6.45) is 0. The van der Waals surface area contributed by atoms with E-state index >= 15 is 0 Å². The standard InChI is InChI=1S/C20H24N4O2S/c1-15(2)13-23-10-11-24-19-9-8-16(12-18(19)21-20(24)14-23)22-27(25,26)17-6-4-3-5-7-17/h3-9,12,15,22H,10-11,13-14H2,1-2H3. The van der Waals surface area contributed by atoms with Crippen LogP contribution in [0.4, 0.5) is 5.69 Å². The number of hydrogen-bond acceptors (Lipinski definition) is 4. The Morgan fingerprint density at radius 3 is 2.63 bits per heavy atom. The molecular weight excluding hydrogens is 360 g/mol. The highest BCUT2D eigenvalue weighted by Crippen LogP contribution is 2.25. The molecule has 0 spiro atoms. The van der Waals surface area contributed by atoms with E-state index in [-0.39, 0.29) is 4.90 Å². The van der Waals surface area contributed by atoms with Gasteiger partial charge in [0.1, 0.15) is 5.82 Å². The van der Waals surface area contributed by atoms with Gasteiger partial charge in [-0.05, 0) is 36.2 Å². The first-order valence-electron chi connectivity index (χ1n) is 9.22. The van der Waals surface area contributed by atoms with Gasteiger partial charge in [-0.25, -0.2) is 13.4 Å². The Balaban J connectivity index is 1.61. The number of imidazole rings is 1. The van der Waals surface area contributed by atoms with Crippen LogP contribution in [0.5, 0.6) is 0 Å². The minimum absolute atomic E-state index is 0.249. The molecule has 2 aromatic carbocycles. The topological polar surface area (TPSA) is 67.2 Å². The molecule has 7 heteroatoms. The number of anilines is 1. The number of sulfonamides is 1. The predicted octanol–water partition coefficient (Wildman–Crippen LogP) is 3.31. The van der Waals surface area contributed by atoms with Crippen LogP contribution < -0.4 is 4.72 Å². The predicted molar refractivity (Wildman–Crippen MR) is 107 cm³/mol. The Labute approximate surface area is 159 Å². The van der Waals surface area contributed by atoms with Crippen molar-refractivity contribution < 1.29 is 8.42 Å². The Bertz CT molecular complexity index is 1060. The molecule has 0 saturated heterocycles. The van der Waals surface area contributed by atoms with Gasteiger partial charge in [0.25, 0.3) is 10.0 Å². The molecule has 2 heterocycles. The quantitative estimate of drug-likeness (QED) is 0.733. The maximum atomic E-state index is 12.5. The average Bonchev–Trinajstić information content (AvgIpc) is 2.98. The molecule has 0 bridgehead atoms. The largest absolute Gasteiger partial charge is 0.326 e. The molecule has 0 radical (unpaired) electrons. The zero-order valence-electron chi connectivity index (χ0n) is 15.6. The van der Waals surface area contributed by atoms with Gasteiger partial charge in [0.2, 0.25) is 0 Å². The third-order valence-corrected chi connectivity index (χ3v) is 6.16. The lowest BCUT2D eigenvalue weighted by Crippen LogP contribution is -2.36. The van der Waals surface area contributed by atoms with Gasteiger partial charge in [0, 0.05) is 19.6 Å². The van der Waals surface area contributed by atoms with Crippen molar-refractivity contribution in [1.82, 2.24) is 14.5 Å². The lowest BCUT2D eigenvalue weighted by molar-refractivity contribution is 0.197. The maximum Gasteiger partial charge on any atom is 0.261 e. The number of nitrogens with zero attached hydrogens (tertiary/aromatic N) is 3. The molecule has 0 aliphatic carbocycles. The first-order valence-corrected chi connectivity index (χ1v) is 10.7. The molecule has 142 valence electrons. The van der Waals surface area contributed by atoms with Crippen LogP contribution in [0, 0.1) is 5.92 Å². The van der Waals surface area contributed by atoms with Crippen LogP contribution in [0.2, 0.25) is 0 Å². The fourth-order valence-electron chi connectivity index (χ4n) is 3.62. The van der Waals surface area contributed by atoms with Crippen LogP contribution in [0.15, 0.2) is 53.4 Å². The minimum Gasteiger partial charge on any atom is -0.326 e. The summed E-state index contributed by atoms with van der Waals surface area (Å²) in [5.74, 6) is 1.67. The van der Waals surface area contributed by atoms with E-state index in [9.17, 15) is 8.42 Å². The Kier molecular flexibility index (Phi) is 4.65. The van der Waals surface area contributed by atoms with Gasteiger partial charge in [0.15, 0.2) is 0 Å². The van der Waals surface area contributed by atoms with E-state index in [4.69, 9.17) is 4.98 Å². The van der Waals surface area contributed by atoms with Crippen molar-refractivity contribution in [3.8, 4) is 0 Å². The highest BCUT2D eigenvalue weighted by atomic mass is 32.2. The van der Waals surface area contributed by atoms with Crippen molar-refractivity contribution in [2.75, 3.05) is 17.8 Å². The number of aromatic nitrogens is 2. The lowest BCUT2D eigenvalue weighted by Gasteiger charge is -2.29. The maximum absolute atomic E-state index is 12.5. The fraction of sp³-hybridized carbons (Fsp3) is 0.350. The highest BCUT2D eigenvalue weighted by Gasteiger charge is 2.21. The second-order valence-corrected chi connectivity index (χ2v) is 9.11. The van der Waals surface area contributed by atoms with E-state index in [0.29, 0.717) is 11.6 Å². The Morgan fingerprint density at radius 1 is 1.11 bits per heavy atom. The van der Waals surface area contributed by atoms with Gasteiger partial charge < -0.3 is 4.57 Å². The van der Waals surface area contributed by atoms with Crippen LogP contribution in [0.25, 0.3) is 11.0 Å². The third kappa shape index (κ3) is 3.70. The summed E-state index contributed by atoms with van der Waals surface area (Å²) in [4.78, 5) is 7.43. The minimum atomic E-state index is -3.60. The summed E-state index contributed by atoms with van der Waals surface area (Å²) in [6.45, 7) is 8.27. The average molecular weight is 385 g/mol. The highest BCUT2D eigenvalue weighted by molar-refractivity contribution is 7.92. The monoisotopic (exact) mass is 384 g/mol. The molecule has 0 unspecified atom stereocenters. The molecule has 3 aromatic rings. The van der Waals surface area contributed by atoms with Crippen LogP contribution in [0.1, 0.15) is 19.7 Å². The molecular formula is C20H24N4O2S. The summed E-state index contributed by atoms with van der Waals surface area (Å²) in [5, 5.41) is 0. The second-order valence-electron chi connectivity index (χ2n) is 7.43. The molecule has 0 amide bonds. The summed E-state index contributed by atoms with van der Waals surface area (Å²) in [6, 6.07) is 14.0. The van der Waals surface area contributed by atoms with Crippen molar-refractivity contribution in [1.29, 1.82) is 0 Å². The first-order chi connectivity index (χ1) is 12.9. The van der Waals surface area contributed by atoms with Crippen LogP contribution in [-0.2, 0) is 23.1 Å². The lowest BCUT2D eigenvalue weighted by atomic mass is 10.2. The first kappa shape index (κ1) is 18.0. The number of benzene rings is 2. The fourth-order valence-corrected chi connectivity index (χ4v) is 4.69. The normalized spacial score (nSPS) is 15.2. The summed E-state index contributed by atoms with van der Waals surface area (Å²) in [5.41, 5.74) is 2.40. The molecule has 6 nitrogen and oxygen atoms in total. The van der Waals surface area contributed by atoms with Gasteiger partial charge in [-0.15, -0.1) is 0 Å². The van der Waals surface area contributed by atoms with Gasteiger partial charge in [-0.1, -0.05) is 32.0 Å². The molecule has 0 atom stereocenters. The zero-order valence-corrected chi connectivity index (χ0v) is 16.4. The smallest absolute Gasteiger partial charge is 0.261 e. The summed E-state index contributed by atoms with van der Waals surface area (Å²) >= 11 is 0. The summed E-state index contributed by atoms with van der Waals surface area (Å²) in [7, 11) is -3.60. The van der Waals surface area contributed by atoms with Crippen molar-refractivity contribution in [3.63, 3.8) is 0 Å². The van der Waals surface area contributed by atoms with Crippen molar-refractivity contribution >= 4 is 26.7 Å². The molecule has 1 aliphatic heterocycles. The van der Waals surface area contributed by atoms with E-state index in [1.165, 1.54) is 0 Å². The Morgan fingerprint density at radius 2 is 1.89 bits per heavy atom. The number of fused-ring (bicyclic) bond motifs is 3. The van der Waals surface area contributed by atoms with E-state index in [0.717, 1.165) is 43.0 Å². The van der Waals surface area contributed by atoms with Crippen molar-refractivity contribution in [2.24, 2.45) is 5.92 Å². The van der Waals surface area contributed by atoms with Crippen LogP contribution in [-0.4, -0.2) is 36.0 Å². The van der Waals surface area contributed by atoms with Gasteiger partial charge in [-0.2, -0.15) is 0 Å². The number of nitrogens with one attached hydrogen (secondary N) is 1. The molecule has 0 fully saturated rings. The van der Waals surface area contributed by atoms with E-state index in [1.54, 1.807) is 36.4 Å². The SMILES string of the molecule is CC(C)CN1CCn2c(nc3cc(NS(=O)(=O)c4ccccc4)ccc32)C1. The Hall–Kier alpha value is -2.38. The van der Waals surface area contributed by atoms with E-state index in [2.05, 4.69) is 28.0 Å². The molecule has 4 rings (SSSR count). The molecule has 1 N–H and O–H groups in total. The number of rotatable bonds is 5. The third-order valence-electron chi connectivity index (χ3n) is 4.76. The van der Waals surface area contributed by atoms with E-state index < -0.39 is 10.0 Å². The zero-order chi connectivity index (χ0) is 19.0. The van der Waals surface area contributed by atoms with Gasteiger partial charge in [-0.3, -0.25) is 9.62 Å². The number of hydrogen-bond donors (Lipinski definition) is 1. The van der Waals surface area contributed by atoms with Crippen molar-refractivity contribution in [3.05, 3.63) is 54.4 Å². The molecule has 0 saturated carbocycles.